The van der Waals surface area contributed by atoms with Crippen molar-refractivity contribution < 1.29 is 23.1 Å². The van der Waals surface area contributed by atoms with E-state index < -0.39 is 18.0 Å². The summed E-state index contributed by atoms with van der Waals surface area (Å²) in [7, 11) is 0. The minimum atomic E-state index is -4.27. The Hall–Kier alpha value is -1.41. The zero-order valence-corrected chi connectivity index (χ0v) is 13.0. The van der Waals surface area contributed by atoms with Crippen LogP contribution in [0.2, 0.25) is 0 Å². The lowest BCUT2D eigenvalue weighted by Gasteiger charge is -2.22. The van der Waals surface area contributed by atoms with Crippen molar-refractivity contribution in [1.82, 2.24) is 4.90 Å². The maximum absolute atomic E-state index is 12.3. The fourth-order valence-electron chi connectivity index (χ4n) is 1.76. The number of nitrogens with one attached hydrogen (secondary N) is 1. The largest absolute Gasteiger partial charge is 0.398 e. The smallest absolute Gasteiger partial charge is 0.395 e. The third kappa shape index (κ3) is 6.57. The molecule has 2 N–H and O–H groups in total. The predicted molar refractivity (Wildman–Crippen MR) is 81.2 cm³/mol. The molecule has 0 aliphatic heterocycles. The van der Waals surface area contributed by atoms with E-state index in [0.717, 1.165) is 6.42 Å². The van der Waals surface area contributed by atoms with Crippen LogP contribution in [0.3, 0.4) is 0 Å². The molecule has 4 nitrogen and oxygen atoms in total. The zero-order valence-electron chi connectivity index (χ0n) is 12.2. The van der Waals surface area contributed by atoms with Crippen molar-refractivity contribution >= 4 is 23.5 Å². The van der Waals surface area contributed by atoms with Crippen LogP contribution >= 0.6 is 11.8 Å². The van der Waals surface area contributed by atoms with Crippen LogP contribution in [0.1, 0.15) is 13.3 Å². The molecule has 8 heteroatoms. The van der Waals surface area contributed by atoms with Gasteiger partial charge in [-0.1, -0.05) is 19.1 Å². The molecule has 2 amide bonds. The van der Waals surface area contributed by atoms with Crippen molar-refractivity contribution in [1.29, 1.82) is 0 Å². The SMILES string of the molecule is CCCN(CCO)C(=O)Nc1ccccc1SCC(F)(F)F. The van der Waals surface area contributed by atoms with Gasteiger partial charge in [0.15, 0.2) is 0 Å². The standard InChI is InChI=1S/C14H19F3N2O2S/c1-2-7-19(8-9-20)13(21)18-11-5-3-4-6-12(11)22-10-14(15,16)17/h3-6,20H,2,7-10H2,1H3,(H,18,21). The van der Waals surface area contributed by atoms with E-state index in [9.17, 15) is 18.0 Å². The molecule has 0 aliphatic carbocycles. The Morgan fingerprint density at radius 1 is 1.32 bits per heavy atom. The summed E-state index contributed by atoms with van der Waals surface area (Å²) in [5.41, 5.74) is 0.334. The van der Waals surface area contributed by atoms with Crippen LogP contribution in [0.25, 0.3) is 0 Å². The van der Waals surface area contributed by atoms with E-state index in [4.69, 9.17) is 5.11 Å². The molecule has 0 atom stereocenters. The minimum Gasteiger partial charge on any atom is -0.395 e. The molecule has 1 aromatic rings. The average Bonchev–Trinajstić information content (AvgIpc) is 2.45. The number of hydrogen-bond donors (Lipinski definition) is 2. The average molecular weight is 336 g/mol. The number of carbonyl (C=O) groups is 1. The van der Waals surface area contributed by atoms with Crippen LogP contribution in [0, 0.1) is 0 Å². The maximum Gasteiger partial charge on any atom is 0.398 e. The topological polar surface area (TPSA) is 52.6 Å². The lowest BCUT2D eigenvalue weighted by Crippen LogP contribution is -2.37. The molecule has 124 valence electrons. The highest BCUT2D eigenvalue weighted by Gasteiger charge is 2.27. The zero-order chi connectivity index (χ0) is 16.6. The monoisotopic (exact) mass is 336 g/mol. The highest BCUT2D eigenvalue weighted by Crippen LogP contribution is 2.32. The van der Waals surface area contributed by atoms with Gasteiger partial charge >= 0.3 is 12.2 Å². The molecule has 0 unspecified atom stereocenters. The quantitative estimate of drug-likeness (QED) is 0.749. The van der Waals surface area contributed by atoms with Crippen molar-refractivity contribution in [2.24, 2.45) is 0 Å². The lowest BCUT2D eigenvalue weighted by atomic mass is 10.3. The number of urea groups is 1. The molecule has 22 heavy (non-hydrogen) atoms. The molecule has 0 spiro atoms. The lowest BCUT2D eigenvalue weighted by molar-refractivity contribution is -0.105. The van der Waals surface area contributed by atoms with Gasteiger partial charge < -0.3 is 15.3 Å². The number of aliphatic hydroxyl groups is 1. The van der Waals surface area contributed by atoms with Crippen LogP contribution in [0.4, 0.5) is 23.7 Å². The van der Waals surface area contributed by atoms with E-state index in [1.165, 1.54) is 11.0 Å². The van der Waals surface area contributed by atoms with Crippen molar-refractivity contribution in [3.63, 3.8) is 0 Å². The number of benzene rings is 1. The van der Waals surface area contributed by atoms with E-state index in [-0.39, 0.29) is 13.2 Å². The second-order valence-corrected chi connectivity index (χ2v) is 5.56. The van der Waals surface area contributed by atoms with Crippen LogP contribution in [-0.2, 0) is 0 Å². The van der Waals surface area contributed by atoms with Gasteiger partial charge in [-0.2, -0.15) is 13.2 Å². The maximum atomic E-state index is 12.3. The van der Waals surface area contributed by atoms with Gasteiger partial charge in [-0.15, -0.1) is 11.8 Å². The van der Waals surface area contributed by atoms with Gasteiger partial charge in [-0.05, 0) is 18.6 Å². The summed E-state index contributed by atoms with van der Waals surface area (Å²) in [6, 6.07) is 5.91. The Kier molecular flexibility index (Phi) is 7.53. The molecule has 1 aromatic carbocycles. The molecule has 0 saturated heterocycles. The molecule has 0 aromatic heterocycles. The van der Waals surface area contributed by atoms with Gasteiger partial charge in [0.05, 0.1) is 18.0 Å². The molecule has 0 radical (unpaired) electrons. The van der Waals surface area contributed by atoms with E-state index in [1.54, 1.807) is 18.2 Å². The number of hydrogen-bond acceptors (Lipinski definition) is 3. The van der Waals surface area contributed by atoms with E-state index >= 15 is 0 Å². The van der Waals surface area contributed by atoms with Gasteiger partial charge in [0, 0.05) is 18.0 Å². The van der Waals surface area contributed by atoms with Crippen LogP contribution in [-0.4, -0.2) is 47.7 Å². The second-order valence-electron chi connectivity index (χ2n) is 4.54. The van der Waals surface area contributed by atoms with Crippen LogP contribution in [0.15, 0.2) is 29.2 Å². The molecule has 0 saturated carbocycles. The fraction of sp³-hybridized carbons (Fsp3) is 0.500. The van der Waals surface area contributed by atoms with E-state index in [1.807, 2.05) is 6.92 Å². The van der Waals surface area contributed by atoms with E-state index in [0.29, 0.717) is 28.9 Å². The third-order valence-electron chi connectivity index (χ3n) is 2.67. The number of nitrogens with zero attached hydrogens (tertiary/aromatic N) is 1. The Morgan fingerprint density at radius 3 is 2.59 bits per heavy atom. The number of alkyl halides is 3. The molecule has 0 heterocycles. The molecule has 1 rings (SSSR count). The highest BCUT2D eigenvalue weighted by molar-refractivity contribution is 7.99. The number of amides is 2. The summed E-state index contributed by atoms with van der Waals surface area (Å²) < 4.78 is 37.0. The van der Waals surface area contributed by atoms with Gasteiger partial charge in [0.1, 0.15) is 0 Å². The third-order valence-corrected chi connectivity index (χ3v) is 3.81. The van der Waals surface area contributed by atoms with Gasteiger partial charge in [-0.25, -0.2) is 4.79 Å². The summed E-state index contributed by atoms with van der Waals surface area (Å²) in [5.74, 6) is -1.02. The predicted octanol–water partition coefficient (Wildman–Crippen LogP) is 3.58. The Balaban J connectivity index is 2.77. The normalized spacial score (nSPS) is 11.3. The number of thioether (sulfide) groups is 1. The first-order chi connectivity index (χ1) is 10.4. The molecular weight excluding hydrogens is 317 g/mol. The van der Waals surface area contributed by atoms with Crippen LogP contribution in [0.5, 0.6) is 0 Å². The number of anilines is 1. The fourth-order valence-corrected chi connectivity index (χ4v) is 2.52. The van der Waals surface area contributed by atoms with E-state index in [2.05, 4.69) is 5.32 Å². The number of para-hydroxylation sites is 1. The number of rotatable bonds is 7. The summed E-state index contributed by atoms with van der Waals surface area (Å²) in [6.45, 7) is 2.37. The first kappa shape index (κ1) is 18.6. The first-order valence-electron chi connectivity index (χ1n) is 6.82. The molecule has 0 fully saturated rings. The number of aliphatic hydroxyl groups excluding tert-OH is 1. The first-order valence-corrected chi connectivity index (χ1v) is 7.81. The van der Waals surface area contributed by atoms with Crippen LogP contribution < -0.4 is 5.32 Å². The molecule has 0 bridgehead atoms. The van der Waals surface area contributed by atoms with Gasteiger partial charge in [0.2, 0.25) is 0 Å². The Bertz CT molecular complexity index is 477. The van der Waals surface area contributed by atoms with Crippen molar-refractivity contribution in [3.8, 4) is 0 Å². The van der Waals surface area contributed by atoms with Crippen molar-refractivity contribution in [2.45, 2.75) is 24.4 Å². The van der Waals surface area contributed by atoms with Crippen molar-refractivity contribution in [3.05, 3.63) is 24.3 Å². The summed E-state index contributed by atoms with van der Waals surface area (Å²) >= 11 is 0.627. The Morgan fingerprint density at radius 2 is 2.00 bits per heavy atom. The minimum absolute atomic E-state index is 0.169. The Labute approximate surface area is 131 Å². The molecule has 0 aliphatic rings. The summed E-state index contributed by atoms with van der Waals surface area (Å²) in [6.07, 6.45) is -3.55. The summed E-state index contributed by atoms with van der Waals surface area (Å²) in [4.78, 5) is 13.9. The second kappa shape index (κ2) is 8.89. The number of halogens is 3. The highest BCUT2D eigenvalue weighted by atomic mass is 32.2. The van der Waals surface area contributed by atoms with Crippen molar-refractivity contribution in [2.75, 3.05) is 30.8 Å². The van der Waals surface area contributed by atoms with Gasteiger partial charge in [0.25, 0.3) is 0 Å². The molecular formula is C14H19F3N2O2S. The van der Waals surface area contributed by atoms with Gasteiger partial charge in [-0.3, -0.25) is 0 Å². The number of carbonyl (C=O) groups excluding carboxylic acids is 1. The summed E-state index contributed by atoms with van der Waals surface area (Å²) in [5, 5.41) is 11.6.